The Hall–Kier alpha value is -11.9. The van der Waals surface area contributed by atoms with E-state index in [1.807, 2.05) is 199 Å². The number of nitrogens with zero attached hydrogens (tertiary/aromatic N) is 6. The van der Waals surface area contributed by atoms with Crippen LogP contribution in [0.4, 0.5) is 0 Å². The number of aryl methyl sites for hydroxylation is 3. The van der Waals surface area contributed by atoms with Crippen molar-refractivity contribution in [1.82, 2.24) is 29.1 Å². The van der Waals surface area contributed by atoms with Crippen molar-refractivity contribution in [3.63, 3.8) is 0 Å². The summed E-state index contributed by atoms with van der Waals surface area (Å²) in [6.07, 6.45) is 3.69. The summed E-state index contributed by atoms with van der Waals surface area (Å²) >= 11 is 0. The van der Waals surface area contributed by atoms with Gasteiger partial charge in [0.1, 0.15) is 23.1 Å². The Balaban J connectivity index is 0.000000219. The Kier molecular flexibility index (Phi) is 25.3. The number of rotatable bonds is 16. The second-order valence-corrected chi connectivity index (χ2v) is 40.9. The predicted molar refractivity (Wildman–Crippen MR) is 549 cm³/mol. The number of phenols is 2. The molecule has 0 saturated heterocycles. The number of aromatic hydroxyl groups is 2. The Morgan fingerprint density at radius 1 is 0.326 bits per heavy atom. The van der Waals surface area contributed by atoms with Crippen molar-refractivity contribution in [2.24, 2.45) is 0 Å². The molecular formula is C122H124N6O2Pt2-2. The van der Waals surface area contributed by atoms with E-state index in [-0.39, 0.29) is 80.9 Å². The molecule has 10 heteroatoms. The third-order valence-electron chi connectivity index (χ3n) is 25.1. The standard InChI is InChI=1S/C65H66N3O.C57H58N3O.2Pt/c1-40(2)43-25-27-44(28-26-43)46-31-32-66-56(39-46)49-36-48(37-50(38-49)63(5,6)7)52-22-18-24-58-60(52)67-62(53-33-41(3)34-55(61(53)69)65(11,12)13)68(58)57-30-29-47(35-42(57)4)59-51(45-19-15-14-16-20-45)21-17-23-54(59)64(8,9)10;1-35(2)38-20-22-39(23-21-38)42-26-27-58-50(34-42)44-30-43(31-45(32-44)56(6,7)8)46-18-15-19-52-53(46)59-55(48-28-37(5)29-49(54(48)61)57(9,10)11)60(52)51-25-24-41(36(3)4)33-47(51)40-16-13-12-14-17-40;;/h14-35,37-40,69H,1-13H3;12-29,31-36,61H,1-11H3;;/q2*-1;;/i4D3,40D;35D,36D;;. The molecule has 0 aliphatic rings. The van der Waals surface area contributed by atoms with E-state index in [1.54, 1.807) is 0 Å². The van der Waals surface area contributed by atoms with Gasteiger partial charge in [0.25, 0.3) is 0 Å². The van der Waals surface area contributed by atoms with E-state index in [0.29, 0.717) is 39.5 Å². The first-order valence-electron chi connectivity index (χ1n) is 48.3. The van der Waals surface area contributed by atoms with E-state index in [1.165, 1.54) is 0 Å². The van der Waals surface area contributed by atoms with Gasteiger partial charge < -0.3 is 10.2 Å². The number of phenolic OH excluding ortho intramolecular Hbond substituents is 2. The van der Waals surface area contributed by atoms with Gasteiger partial charge in [0.05, 0.1) is 44.6 Å². The van der Waals surface area contributed by atoms with E-state index in [4.69, 9.17) is 24.0 Å². The van der Waals surface area contributed by atoms with Crippen molar-refractivity contribution in [2.75, 3.05) is 0 Å². The van der Waals surface area contributed by atoms with Crippen molar-refractivity contribution in [1.29, 1.82) is 0 Å². The molecule has 0 amide bonds. The van der Waals surface area contributed by atoms with Gasteiger partial charge in [-0.25, -0.2) is 9.97 Å². The first kappa shape index (κ1) is 88.0. The van der Waals surface area contributed by atoms with Crippen LogP contribution in [0.2, 0.25) is 0 Å². The van der Waals surface area contributed by atoms with Crippen LogP contribution < -0.4 is 0 Å². The zero-order valence-corrected chi connectivity index (χ0v) is 84.9. The van der Waals surface area contributed by atoms with Gasteiger partial charge in [0.15, 0.2) is 0 Å². The molecule has 132 heavy (non-hydrogen) atoms. The number of hydrogen-bond acceptors (Lipinski definition) is 6. The van der Waals surface area contributed by atoms with Gasteiger partial charge in [-0.15, -0.1) is 58.7 Å². The average molecular weight is 2100 g/mol. The molecule has 0 aliphatic heterocycles. The molecule has 2 N–H and O–H groups in total. The van der Waals surface area contributed by atoms with Gasteiger partial charge in [0.2, 0.25) is 0 Å². The molecule has 0 radical (unpaired) electrons. The summed E-state index contributed by atoms with van der Waals surface area (Å²) in [6.45, 7) is 45.4. The third kappa shape index (κ3) is 19.8. The van der Waals surface area contributed by atoms with E-state index >= 15 is 0 Å². The number of hydrogen-bond donors (Lipinski definition) is 2. The fourth-order valence-corrected chi connectivity index (χ4v) is 17.7. The maximum absolute atomic E-state index is 12.4. The Morgan fingerprint density at radius 2 is 0.712 bits per heavy atom. The molecular weight excluding hydrogens is 1970 g/mol. The molecule has 0 bridgehead atoms. The van der Waals surface area contributed by atoms with Crippen molar-refractivity contribution in [2.45, 2.75) is 211 Å². The Morgan fingerprint density at radius 3 is 1.13 bits per heavy atom. The molecule has 0 fully saturated rings. The van der Waals surface area contributed by atoms with E-state index < -0.39 is 29.9 Å². The summed E-state index contributed by atoms with van der Waals surface area (Å²) in [4.78, 5) is 20.9. The molecule has 0 aliphatic carbocycles. The number of para-hydroxylation sites is 2. The third-order valence-corrected chi connectivity index (χ3v) is 25.1. The van der Waals surface area contributed by atoms with E-state index in [0.717, 1.165) is 173 Å². The largest absolute Gasteiger partial charge is 0.507 e. The first-order chi connectivity index (χ1) is 63.8. The Bertz CT molecular complexity index is 7430. The molecule has 0 saturated carbocycles. The van der Waals surface area contributed by atoms with Crippen LogP contribution in [0.15, 0.2) is 285 Å². The molecule has 8 nitrogen and oxygen atoms in total. The zero-order chi connectivity index (χ0) is 97.8. The second kappa shape index (κ2) is 38.0. The van der Waals surface area contributed by atoms with Gasteiger partial charge in [-0.3, -0.25) is 19.1 Å². The molecule has 0 atom stereocenters. The zero-order valence-electron chi connectivity index (χ0n) is 86.3. The molecule has 4 aromatic heterocycles. The number of imidazole rings is 2. The summed E-state index contributed by atoms with van der Waals surface area (Å²) in [5.41, 5.74) is 30.6. The smallest absolute Gasteiger partial charge is 0.148 e. The summed E-state index contributed by atoms with van der Waals surface area (Å²) in [7, 11) is 0. The van der Waals surface area contributed by atoms with Crippen molar-refractivity contribution in [3.8, 4) is 146 Å². The quantitative estimate of drug-likeness (QED) is 0.0935. The first-order valence-corrected chi connectivity index (χ1v) is 45.3. The minimum Gasteiger partial charge on any atom is -0.507 e. The van der Waals surface area contributed by atoms with Crippen molar-refractivity contribution in [3.05, 3.63) is 359 Å². The minimum absolute atomic E-state index is 0. The van der Waals surface area contributed by atoms with Gasteiger partial charge in [0, 0.05) is 90.8 Å². The summed E-state index contributed by atoms with van der Waals surface area (Å²) in [5.74, 6) is -0.842. The van der Waals surface area contributed by atoms with Crippen molar-refractivity contribution < 1.29 is 60.6 Å². The van der Waals surface area contributed by atoms with Gasteiger partial charge in [-0.05, 0) is 215 Å². The SMILES string of the molecule is [2H]C(C)(C)c1ccc(-c2ccnc(-c3[c-]c(-c4cccc5c4nc(-c4cc(C)cc(C(C)(C)C)c4O)n5-c4ccc(C([2H])(C)C)cc4-c4ccccc4)cc(C(C)(C)C)c3)c2)cc1.[2H]C([2H])([2H])c1cc(-c2c(-c3ccccc3)cccc2C(C)(C)C)ccc1-n1c(-c2cc(C)cc(C(C)(C)C)c2O)nc2c(-c3[c-]c(-c4cc(-c5ccc(C([2H])(C)C)cc5)ccn4)cc(C(C)(C)C)c3)cccc21.[Pt].[Pt]. The normalized spacial score (nSPS) is 13.1. The van der Waals surface area contributed by atoms with Crippen LogP contribution >= 0.6 is 0 Å². The van der Waals surface area contributed by atoms with Gasteiger partial charge >= 0.3 is 0 Å². The fraction of sp³-hybridized carbons (Fsp3) is 0.262. The molecule has 0 spiro atoms. The predicted octanol–water partition coefficient (Wildman–Crippen LogP) is 33.0. The van der Waals surface area contributed by atoms with Crippen LogP contribution in [0.25, 0.3) is 157 Å². The summed E-state index contributed by atoms with van der Waals surface area (Å²) in [5, 5.41) is 24.7. The molecule has 0 unspecified atom stereocenters. The van der Waals surface area contributed by atoms with Crippen molar-refractivity contribution >= 4 is 22.1 Å². The molecule has 13 aromatic carbocycles. The number of fused-ring (bicyclic) bond motifs is 2. The number of benzene rings is 13. The van der Waals surface area contributed by atoms with Crippen LogP contribution in [-0.4, -0.2) is 39.3 Å². The maximum atomic E-state index is 12.4. The van der Waals surface area contributed by atoms with Crippen LogP contribution in [0.5, 0.6) is 11.5 Å². The summed E-state index contributed by atoms with van der Waals surface area (Å²) in [6, 6.07) is 100. The van der Waals surface area contributed by atoms with Crippen LogP contribution in [0, 0.1) is 32.8 Å². The number of aromatic nitrogens is 6. The van der Waals surface area contributed by atoms with E-state index in [2.05, 4.69) is 267 Å². The van der Waals surface area contributed by atoms with Crippen LogP contribution in [-0.2, 0) is 69.2 Å². The Labute approximate surface area is 821 Å². The minimum atomic E-state index is -2.56. The molecule has 17 aromatic rings. The topological polar surface area (TPSA) is 102 Å². The molecule has 4 heterocycles. The maximum Gasteiger partial charge on any atom is 0.148 e. The van der Waals surface area contributed by atoms with Gasteiger partial charge in [-0.1, -0.05) is 356 Å². The molecule has 17 rings (SSSR count). The fourth-order valence-electron chi connectivity index (χ4n) is 17.7. The second-order valence-electron chi connectivity index (χ2n) is 40.9. The van der Waals surface area contributed by atoms with E-state index in [9.17, 15) is 14.3 Å². The van der Waals surface area contributed by atoms with Crippen LogP contribution in [0.3, 0.4) is 0 Å². The molecule has 676 valence electrons. The van der Waals surface area contributed by atoms with Crippen LogP contribution in [0.1, 0.15) is 233 Å². The average Bonchev–Trinajstić information content (AvgIpc) is 1.59. The van der Waals surface area contributed by atoms with Gasteiger partial charge in [-0.2, -0.15) is 0 Å². The monoisotopic (exact) mass is 2100 g/mol. The number of pyridine rings is 2. The summed E-state index contributed by atoms with van der Waals surface area (Å²) < 4.78 is 57.9.